The predicted molar refractivity (Wildman–Crippen MR) is 137 cm³/mol. The van der Waals surface area contributed by atoms with Gasteiger partial charge in [-0.3, -0.25) is 9.59 Å². The van der Waals surface area contributed by atoms with Gasteiger partial charge in [0.05, 0.1) is 33.6 Å². The van der Waals surface area contributed by atoms with Crippen LogP contribution in [0.2, 0.25) is 0 Å². The van der Waals surface area contributed by atoms with Crippen LogP contribution in [0.3, 0.4) is 0 Å². The fourth-order valence-electron chi connectivity index (χ4n) is 4.17. The molecule has 2 amide bonds. The van der Waals surface area contributed by atoms with Crippen molar-refractivity contribution in [2.24, 2.45) is 0 Å². The number of hydrogen-bond acceptors (Lipinski definition) is 7. The van der Waals surface area contributed by atoms with Crippen molar-refractivity contribution in [2.45, 2.75) is 31.9 Å². The van der Waals surface area contributed by atoms with Crippen molar-refractivity contribution in [2.75, 3.05) is 21.3 Å². The number of benzene rings is 2. The largest absolute Gasteiger partial charge is 0.497 e. The van der Waals surface area contributed by atoms with E-state index in [0.717, 1.165) is 5.56 Å². The van der Waals surface area contributed by atoms with E-state index in [2.05, 4.69) is 10.6 Å². The molecule has 0 spiro atoms. The van der Waals surface area contributed by atoms with Gasteiger partial charge in [-0.1, -0.05) is 0 Å². The van der Waals surface area contributed by atoms with Crippen LogP contribution in [0.5, 0.6) is 23.0 Å². The number of hydrogen-bond donors (Lipinski definition) is 2. The summed E-state index contributed by atoms with van der Waals surface area (Å²) < 4.78 is 27.4. The molecule has 4 rings (SSSR count). The molecule has 0 saturated carbocycles. The first-order chi connectivity index (χ1) is 17.7. The third-order valence-corrected chi connectivity index (χ3v) is 5.95. The van der Waals surface area contributed by atoms with E-state index in [-0.39, 0.29) is 17.3 Å². The molecule has 37 heavy (non-hydrogen) atoms. The third-order valence-electron chi connectivity index (χ3n) is 5.95. The van der Waals surface area contributed by atoms with Gasteiger partial charge >= 0.3 is 0 Å². The Morgan fingerprint density at radius 1 is 1.00 bits per heavy atom. The Kier molecular flexibility index (Phi) is 7.42. The van der Waals surface area contributed by atoms with E-state index in [1.54, 1.807) is 37.4 Å². The molecule has 1 aromatic heterocycles. The molecule has 2 aromatic carbocycles. The summed E-state index contributed by atoms with van der Waals surface area (Å²) in [5.41, 5.74) is 0.574. The van der Waals surface area contributed by atoms with Gasteiger partial charge in [0.1, 0.15) is 28.6 Å². The minimum atomic E-state index is -0.521. The van der Waals surface area contributed by atoms with Crippen LogP contribution in [0.25, 0.3) is 6.08 Å². The van der Waals surface area contributed by atoms with Crippen LogP contribution in [-0.2, 0) is 4.79 Å². The number of ether oxygens (including phenoxy) is 4. The second-order valence-electron chi connectivity index (χ2n) is 9.09. The second kappa shape index (κ2) is 10.7. The number of furan rings is 1. The molecule has 0 fully saturated rings. The smallest absolute Gasteiger partial charge is 0.268 e. The quantitative estimate of drug-likeness (QED) is 0.433. The van der Waals surface area contributed by atoms with Gasteiger partial charge < -0.3 is 34.0 Å². The Labute approximate surface area is 215 Å². The normalized spacial score (nSPS) is 16.1. The van der Waals surface area contributed by atoms with E-state index in [1.165, 1.54) is 26.6 Å². The number of nitrogens with one attached hydrogen (secondary N) is 2. The van der Waals surface area contributed by atoms with Crippen molar-refractivity contribution in [1.82, 2.24) is 10.6 Å². The van der Waals surface area contributed by atoms with Crippen molar-refractivity contribution in [1.29, 1.82) is 0 Å². The lowest BCUT2D eigenvalue weighted by atomic mass is 9.89. The van der Waals surface area contributed by atoms with Crippen molar-refractivity contribution < 1.29 is 33.0 Å². The van der Waals surface area contributed by atoms with Gasteiger partial charge in [-0.15, -0.1) is 0 Å². The topological polar surface area (TPSA) is 108 Å². The first-order valence-corrected chi connectivity index (χ1v) is 11.7. The fraction of sp³-hybridized carbons (Fsp3) is 0.286. The number of amides is 2. The van der Waals surface area contributed by atoms with E-state index in [9.17, 15) is 9.59 Å². The molecule has 0 unspecified atom stereocenters. The molecule has 194 valence electrons. The highest BCUT2D eigenvalue weighted by molar-refractivity contribution is 6.05. The average Bonchev–Trinajstić information content (AvgIpc) is 3.40. The molecule has 0 bridgehead atoms. The zero-order valence-corrected chi connectivity index (χ0v) is 21.4. The number of methoxy groups -OCH3 is 3. The molecule has 9 nitrogen and oxygen atoms in total. The van der Waals surface area contributed by atoms with E-state index in [0.29, 0.717) is 35.2 Å². The molecule has 0 saturated heterocycles. The number of carbonyl (C=O) groups is 2. The van der Waals surface area contributed by atoms with Crippen LogP contribution in [-0.4, -0.2) is 38.7 Å². The van der Waals surface area contributed by atoms with E-state index in [4.69, 9.17) is 23.4 Å². The third kappa shape index (κ3) is 5.88. The zero-order chi connectivity index (χ0) is 26.6. The molecule has 1 aliphatic heterocycles. The van der Waals surface area contributed by atoms with Crippen molar-refractivity contribution in [3.05, 3.63) is 77.4 Å². The molecule has 3 aromatic rings. The molecule has 0 aliphatic carbocycles. The maximum absolute atomic E-state index is 13.6. The van der Waals surface area contributed by atoms with Crippen molar-refractivity contribution in [3.8, 4) is 23.0 Å². The molecule has 2 N–H and O–H groups in total. The van der Waals surface area contributed by atoms with Gasteiger partial charge in [-0.25, -0.2) is 0 Å². The Hall–Kier alpha value is -4.40. The Balaban J connectivity index is 1.63. The first-order valence-electron chi connectivity index (χ1n) is 11.7. The van der Waals surface area contributed by atoms with E-state index < -0.39 is 17.4 Å². The van der Waals surface area contributed by atoms with Crippen LogP contribution in [0.15, 0.2) is 64.9 Å². The predicted octanol–water partition coefficient (Wildman–Crippen LogP) is 4.49. The Morgan fingerprint density at radius 3 is 2.46 bits per heavy atom. The zero-order valence-electron chi connectivity index (χ0n) is 21.4. The second-order valence-corrected chi connectivity index (χ2v) is 9.09. The molecule has 0 radical (unpaired) electrons. The van der Waals surface area contributed by atoms with Gasteiger partial charge in [0.15, 0.2) is 11.5 Å². The maximum Gasteiger partial charge on any atom is 0.268 e. The highest BCUT2D eigenvalue weighted by Gasteiger charge is 2.35. The van der Waals surface area contributed by atoms with Gasteiger partial charge in [0, 0.05) is 23.6 Å². The van der Waals surface area contributed by atoms with E-state index >= 15 is 0 Å². The molecular formula is C28H30N2O7. The number of fused-ring (bicyclic) bond motifs is 1. The Bertz CT molecular complexity index is 1310. The summed E-state index contributed by atoms with van der Waals surface area (Å²) in [6, 6.07) is 13.2. The summed E-state index contributed by atoms with van der Waals surface area (Å²) in [7, 11) is 4.58. The van der Waals surface area contributed by atoms with Gasteiger partial charge in [-0.05, 0) is 62.4 Å². The minimum absolute atomic E-state index is 0.0171. The summed E-state index contributed by atoms with van der Waals surface area (Å²) >= 11 is 0. The van der Waals surface area contributed by atoms with Crippen LogP contribution >= 0.6 is 0 Å². The first kappa shape index (κ1) is 25.7. The summed E-state index contributed by atoms with van der Waals surface area (Å²) in [5.74, 6) is 1.62. The number of rotatable bonds is 8. The van der Waals surface area contributed by atoms with Crippen LogP contribution < -0.4 is 29.6 Å². The van der Waals surface area contributed by atoms with Crippen LogP contribution in [0.4, 0.5) is 0 Å². The lowest BCUT2D eigenvalue weighted by Gasteiger charge is -2.38. The van der Waals surface area contributed by atoms with Gasteiger partial charge in [0.25, 0.3) is 11.8 Å². The lowest BCUT2D eigenvalue weighted by Crippen LogP contribution is -2.43. The summed E-state index contributed by atoms with van der Waals surface area (Å²) in [6.45, 7) is 3.91. The lowest BCUT2D eigenvalue weighted by molar-refractivity contribution is -0.119. The minimum Gasteiger partial charge on any atom is -0.497 e. The van der Waals surface area contributed by atoms with Crippen LogP contribution in [0.1, 0.15) is 48.0 Å². The highest BCUT2D eigenvalue weighted by Crippen LogP contribution is 2.41. The van der Waals surface area contributed by atoms with Gasteiger partial charge in [0.2, 0.25) is 0 Å². The van der Waals surface area contributed by atoms with Gasteiger partial charge in [-0.2, -0.15) is 0 Å². The average molecular weight is 507 g/mol. The molecular weight excluding hydrogens is 476 g/mol. The molecule has 2 heterocycles. The highest BCUT2D eigenvalue weighted by atomic mass is 16.5. The summed E-state index contributed by atoms with van der Waals surface area (Å²) in [6.07, 6.45) is 3.47. The maximum atomic E-state index is 13.6. The SMILES string of the molecule is COc1ccc2c(c1)[C@H](NC(=O)/C(=C/c1ccco1)NC(=O)c1ccc(OC)c(OC)c1)CC(C)(C)O2. The van der Waals surface area contributed by atoms with E-state index in [1.807, 2.05) is 32.0 Å². The fourth-order valence-corrected chi connectivity index (χ4v) is 4.17. The summed E-state index contributed by atoms with van der Waals surface area (Å²) in [5, 5.41) is 5.76. The molecule has 9 heteroatoms. The molecule has 1 aliphatic rings. The van der Waals surface area contributed by atoms with Crippen LogP contribution in [0, 0.1) is 0 Å². The van der Waals surface area contributed by atoms with Crippen molar-refractivity contribution in [3.63, 3.8) is 0 Å². The monoisotopic (exact) mass is 506 g/mol. The molecule has 1 atom stereocenters. The van der Waals surface area contributed by atoms with Crippen molar-refractivity contribution >= 4 is 17.9 Å². The standard InChI is InChI=1S/C28H30N2O7/c1-28(2)16-22(20-14-18(33-3)9-11-23(20)37-28)30-27(32)21(15-19-7-6-12-36-19)29-26(31)17-8-10-24(34-4)25(13-17)35-5/h6-15,22H,16H2,1-5H3,(H,29,31)(H,30,32)/b21-15-/t22-/m1/s1. The number of carbonyl (C=O) groups excluding carboxylic acids is 2. The summed E-state index contributed by atoms with van der Waals surface area (Å²) in [4.78, 5) is 26.7. The Morgan fingerprint density at radius 2 is 1.78 bits per heavy atom.